The molecule has 0 radical (unpaired) electrons. The molecule has 0 spiro atoms. The lowest BCUT2D eigenvalue weighted by Gasteiger charge is -2.31. The third kappa shape index (κ3) is 4.12. The van der Waals surface area contributed by atoms with E-state index in [1.807, 2.05) is 6.07 Å². The minimum Gasteiger partial charge on any atom is -0.354 e. The van der Waals surface area contributed by atoms with Crippen LogP contribution in [0.3, 0.4) is 0 Å². The van der Waals surface area contributed by atoms with Gasteiger partial charge in [0.1, 0.15) is 6.04 Å². The minimum atomic E-state index is -0.333. The van der Waals surface area contributed by atoms with E-state index < -0.39 is 0 Å². The molecule has 3 rings (SSSR count). The predicted molar refractivity (Wildman–Crippen MR) is 99.0 cm³/mol. The number of rotatable bonds is 6. The Kier molecular flexibility index (Phi) is 5.57. The molecule has 1 aromatic rings. The zero-order chi connectivity index (χ0) is 17.7. The molecule has 2 amide bonds. The quantitative estimate of drug-likeness (QED) is 0.809. The molecule has 1 aliphatic heterocycles. The first-order valence-corrected chi connectivity index (χ1v) is 9.38. The molecular formula is C21H28N2O2. The van der Waals surface area contributed by atoms with E-state index in [2.05, 4.69) is 36.2 Å². The van der Waals surface area contributed by atoms with Gasteiger partial charge in [-0.05, 0) is 49.2 Å². The van der Waals surface area contributed by atoms with Crippen molar-refractivity contribution >= 4 is 11.8 Å². The highest BCUT2D eigenvalue weighted by Gasteiger charge is 2.37. The maximum atomic E-state index is 12.7. The Morgan fingerprint density at radius 1 is 1.20 bits per heavy atom. The number of likely N-dealkylation sites (tertiary alicyclic amines) is 1. The fourth-order valence-electron chi connectivity index (χ4n) is 4.38. The number of nitrogens with zero attached hydrogens (tertiary/aromatic N) is 1. The van der Waals surface area contributed by atoms with Crippen LogP contribution in [0, 0.1) is 5.41 Å². The number of hydrogen-bond donors (Lipinski definition) is 1. The molecule has 1 heterocycles. The van der Waals surface area contributed by atoms with E-state index in [4.69, 9.17) is 0 Å². The van der Waals surface area contributed by atoms with Gasteiger partial charge in [-0.15, -0.1) is 0 Å². The summed E-state index contributed by atoms with van der Waals surface area (Å²) in [6.45, 7) is 4.90. The van der Waals surface area contributed by atoms with Crippen molar-refractivity contribution < 1.29 is 9.59 Å². The normalized spacial score (nSPS) is 21.9. The molecule has 4 heteroatoms. The van der Waals surface area contributed by atoms with Gasteiger partial charge in [0.05, 0.1) is 0 Å². The second-order valence-corrected chi connectivity index (χ2v) is 7.48. The van der Waals surface area contributed by atoms with Crippen LogP contribution in [0.4, 0.5) is 0 Å². The Balaban J connectivity index is 1.62. The Hall–Kier alpha value is -2.10. The molecule has 134 valence electrons. The summed E-state index contributed by atoms with van der Waals surface area (Å²) in [6.07, 6.45) is 8.71. The zero-order valence-corrected chi connectivity index (χ0v) is 14.9. The third-order valence-electron chi connectivity index (χ3n) is 5.74. The molecule has 1 N–H and O–H groups in total. The van der Waals surface area contributed by atoms with Crippen molar-refractivity contribution in [2.75, 3.05) is 13.1 Å². The van der Waals surface area contributed by atoms with Crippen LogP contribution in [0.2, 0.25) is 0 Å². The Morgan fingerprint density at radius 2 is 1.92 bits per heavy atom. The van der Waals surface area contributed by atoms with E-state index in [0.717, 1.165) is 32.1 Å². The van der Waals surface area contributed by atoms with E-state index in [9.17, 15) is 9.59 Å². The van der Waals surface area contributed by atoms with Gasteiger partial charge in [0, 0.05) is 13.1 Å². The minimum absolute atomic E-state index is 0.00737. The fraction of sp³-hybridized carbons (Fsp3) is 0.524. The first kappa shape index (κ1) is 17.7. The van der Waals surface area contributed by atoms with Crippen LogP contribution in [-0.4, -0.2) is 35.8 Å². The zero-order valence-electron chi connectivity index (χ0n) is 14.9. The smallest absolute Gasteiger partial charge is 0.246 e. The summed E-state index contributed by atoms with van der Waals surface area (Å²) >= 11 is 0. The van der Waals surface area contributed by atoms with E-state index in [1.54, 1.807) is 4.90 Å². The maximum absolute atomic E-state index is 12.7. The van der Waals surface area contributed by atoms with Crippen molar-refractivity contribution in [1.82, 2.24) is 10.2 Å². The van der Waals surface area contributed by atoms with Crippen LogP contribution in [0.5, 0.6) is 0 Å². The lowest BCUT2D eigenvalue weighted by atomic mass is 9.80. The van der Waals surface area contributed by atoms with Crippen LogP contribution >= 0.6 is 0 Å². The van der Waals surface area contributed by atoms with Crippen LogP contribution in [0.15, 0.2) is 43.0 Å². The van der Waals surface area contributed by atoms with Gasteiger partial charge in [-0.1, -0.05) is 49.8 Å². The molecule has 1 atom stereocenters. The number of hydrogen-bond acceptors (Lipinski definition) is 2. The van der Waals surface area contributed by atoms with Gasteiger partial charge >= 0.3 is 0 Å². The summed E-state index contributed by atoms with van der Waals surface area (Å²) in [5.74, 6) is -0.149. The molecule has 2 aliphatic rings. The fourth-order valence-corrected chi connectivity index (χ4v) is 4.38. The van der Waals surface area contributed by atoms with Gasteiger partial charge in [-0.3, -0.25) is 9.59 Å². The maximum Gasteiger partial charge on any atom is 0.246 e. The van der Waals surface area contributed by atoms with Gasteiger partial charge in [0.2, 0.25) is 11.8 Å². The summed E-state index contributed by atoms with van der Waals surface area (Å²) < 4.78 is 0. The number of nitrogens with one attached hydrogen (secondary N) is 1. The first-order chi connectivity index (χ1) is 12.1. The second kappa shape index (κ2) is 7.85. The molecule has 1 saturated carbocycles. The molecule has 1 aromatic carbocycles. The molecule has 1 aliphatic carbocycles. The Labute approximate surface area is 150 Å². The highest BCUT2D eigenvalue weighted by molar-refractivity contribution is 5.93. The van der Waals surface area contributed by atoms with Crippen molar-refractivity contribution in [2.45, 2.75) is 51.0 Å². The number of carbonyl (C=O) groups is 2. The van der Waals surface area contributed by atoms with Gasteiger partial charge in [0.15, 0.2) is 0 Å². The molecule has 2 fully saturated rings. The summed E-state index contributed by atoms with van der Waals surface area (Å²) in [5, 5.41) is 3.17. The van der Waals surface area contributed by atoms with Gasteiger partial charge < -0.3 is 10.2 Å². The van der Waals surface area contributed by atoms with E-state index in [1.165, 1.54) is 24.5 Å². The van der Waals surface area contributed by atoms with Gasteiger partial charge in [-0.25, -0.2) is 0 Å². The summed E-state index contributed by atoms with van der Waals surface area (Å²) in [5.41, 5.74) is 1.49. The van der Waals surface area contributed by atoms with Crippen LogP contribution in [-0.2, 0) is 16.0 Å². The van der Waals surface area contributed by atoms with Crippen LogP contribution in [0.1, 0.15) is 44.1 Å². The predicted octanol–water partition coefficient (Wildman–Crippen LogP) is 3.08. The summed E-state index contributed by atoms with van der Waals surface area (Å²) in [7, 11) is 0. The Morgan fingerprint density at radius 3 is 2.60 bits per heavy atom. The molecule has 25 heavy (non-hydrogen) atoms. The van der Waals surface area contributed by atoms with Crippen molar-refractivity contribution in [3.63, 3.8) is 0 Å². The molecule has 0 bridgehead atoms. The average molecular weight is 340 g/mol. The standard InChI is InChI=1S/C21H28N2O2/c1-2-19(24)23-14-8-11-18(23)20(25)22-16-21(12-6-7-13-21)15-17-9-4-3-5-10-17/h2-5,9-10,18H,1,6-8,11-16H2,(H,22,25). The van der Waals surface area contributed by atoms with Crippen LogP contribution in [0.25, 0.3) is 0 Å². The second-order valence-electron chi connectivity index (χ2n) is 7.48. The van der Waals surface area contributed by atoms with Crippen molar-refractivity contribution in [2.24, 2.45) is 5.41 Å². The van der Waals surface area contributed by atoms with E-state index in [0.29, 0.717) is 13.1 Å². The molecule has 0 aromatic heterocycles. The van der Waals surface area contributed by atoms with E-state index in [-0.39, 0.29) is 23.3 Å². The first-order valence-electron chi connectivity index (χ1n) is 9.38. The van der Waals surface area contributed by atoms with Gasteiger partial charge in [-0.2, -0.15) is 0 Å². The molecule has 1 unspecified atom stereocenters. The Bertz CT molecular complexity index is 620. The largest absolute Gasteiger partial charge is 0.354 e. The summed E-state index contributed by atoms with van der Waals surface area (Å²) in [4.78, 5) is 26.3. The van der Waals surface area contributed by atoms with Crippen molar-refractivity contribution in [3.8, 4) is 0 Å². The van der Waals surface area contributed by atoms with Crippen molar-refractivity contribution in [3.05, 3.63) is 48.6 Å². The number of carbonyl (C=O) groups excluding carboxylic acids is 2. The SMILES string of the molecule is C=CC(=O)N1CCCC1C(=O)NCC1(Cc2ccccc2)CCCC1. The molecule has 4 nitrogen and oxygen atoms in total. The summed E-state index contributed by atoms with van der Waals surface area (Å²) in [6, 6.07) is 10.2. The number of amides is 2. The topological polar surface area (TPSA) is 49.4 Å². The monoisotopic (exact) mass is 340 g/mol. The van der Waals surface area contributed by atoms with Crippen molar-refractivity contribution in [1.29, 1.82) is 0 Å². The lowest BCUT2D eigenvalue weighted by molar-refractivity contribution is -0.135. The van der Waals surface area contributed by atoms with E-state index >= 15 is 0 Å². The molecule has 1 saturated heterocycles. The highest BCUT2D eigenvalue weighted by atomic mass is 16.2. The number of benzene rings is 1. The highest BCUT2D eigenvalue weighted by Crippen LogP contribution is 2.40. The molecular weight excluding hydrogens is 312 g/mol. The van der Waals surface area contributed by atoms with Gasteiger partial charge in [0.25, 0.3) is 0 Å². The van der Waals surface area contributed by atoms with Crippen LogP contribution < -0.4 is 5.32 Å². The lowest BCUT2D eigenvalue weighted by Crippen LogP contribution is -2.48. The average Bonchev–Trinajstić information content (AvgIpc) is 3.30. The third-order valence-corrected chi connectivity index (χ3v) is 5.74.